The summed E-state index contributed by atoms with van der Waals surface area (Å²) in [7, 11) is 3.68. The highest BCUT2D eigenvalue weighted by molar-refractivity contribution is 7.14. The van der Waals surface area contributed by atoms with E-state index in [1.54, 1.807) is 18.4 Å². The number of hydrogen-bond acceptors (Lipinski definition) is 6. The molecule has 0 spiro atoms. The number of nitrogens with one attached hydrogen (secondary N) is 1. The average molecular weight is 473 g/mol. The number of carbonyl (C=O) groups excluding carboxylic acids is 1. The van der Waals surface area contributed by atoms with E-state index < -0.39 is 0 Å². The van der Waals surface area contributed by atoms with E-state index in [4.69, 9.17) is 15.5 Å². The molecular formula is C27H28N4O2S. The van der Waals surface area contributed by atoms with Crippen LogP contribution in [0.25, 0.3) is 11.3 Å². The third-order valence-electron chi connectivity index (χ3n) is 5.52. The zero-order chi connectivity index (χ0) is 23.9. The van der Waals surface area contributed by atoms with Crippen LogP contribution in [0.3, 0.4) is 0 Å². The fraction of sp³-hybridized carbons (Fsp3) is 0.185. The summed E-state index contributed by atoms with van der Waals surface area (Å²) in [5.74, 6) is 0.711. The Morgan fingerprint density at radius 1 is 1.03 bits per heavy atom. The number of ether oxygens (including phenoxy) is 1. The zero-order valence-electron chi connectivity index (χ0n) is 19.3. The molecule has 0 radical (unpaired) electrons. The summed E-state index contributed by atoms with van der Waals surface area (Å²) in [6.07, 6.45) is 0. The molecule has 0 atom stereocenters. The van der Waals surface area contributed by atoms with Crippen molar-refractivity contribution < 1.29 is 9.53 Å². The van der Waals surface area contributed by atoms with Crippen molar-refractivity contribution in [2.24, 2.45) is 5.73 Å². The van der Waals surface area contributed by atoms with E-state index in [9.17, 15) is 4.79 Å². The third-order valence-corrected chi connectivity index (χ3v) is 6.47. The van der Waals surface area contributed by atoms with Crippen LogP contribution in [0.15, 0.2) is 78.2 Å². The van der Waals surface area contributed by atoms with E-state index in [1.807, 2.05) is 85.2 Å². The second kappa shape index (κ2) is 11.0. The molecule has 0 bridgehead atoms. The first-order valence-corrected chi connectivity index (χ1v) is 11.9. The molecule has 3 N–H and O–H groups in total. The Morgan fingerprint density at radius 3 is 2.56 bits per heavy atom. The minimum absolute atomic E-state index is 0.0978. The number of methoxy groups -OCH3 is 1. The monoisotopic (exact) mass is 472 g/mol. The summed E-state index contributed by atoms with van der Waals surface area (Å²) in [5, 5.41) is 5.93. The molecule has 0 fully saturated rings. The van der Waals surface area contributed by atoms with Gasteiger partial charge >= 0.3 is 0 Å². The molecule has 0 saturated carbocycles. The maximum atomic E-state index is 12.6. The standard InChI is InChI=1S/C27H28N4O2S/c1-31(27-30-24(18-34-27)23-8-3-4-9-25(23)33-2)17-19-10-12-22(13-11-19)26(32)29-16-21-7-5-6-20(14-21)15-28/h3-14,18H,15-17,28H2,1-2H3,(H,29,32). The number of aromatic nitrogens is 1. The summed E-state index contributed by atoms with van der Waals surface area (Å²) >= 11 is 1.59. The number of hydrogen-bond donors (Lipinski definition) is 2. The molecule has 1 amide bonds. The van der Waals surface area contributed by atoms with Gasteiger partial charge in [-0.25, -0.2) is 4.98 Å². The van der Waals surface area contributed by atoms with Crippen molar-refractivity contribution >= 4 is 22.4 Å². The molecule has 0 aliphatic carbocycles. The van der Waals surface area contributed by atoms with Crippen molar-refractivity contribution in [3.63, 3.8) is 0 Å². The summed E-state index contributed by atoms with van der Waals surface area (Å²) in [6.45, 7) is 1.64. The van der Waals surface area contributed by atoms with Gasteiger partial charge in [-0.3, -0.25) is 4.79 Å². The minimum Gasteiger partial charge on any atom is -0.496 e. The number of nitrogens with two attached hydrogens (primary N) is 1. The van der Waals surface area contributed by atoms with Crippen LogP contribution in [0.5, 0.6) is 5.75 Å². The minimum atomic E-state index is -0.0978. The molecule has 3 aromatic carbocycles. The number of anilines is 1. The van der Waals surface area contributed by atoms with Crippen LogP contribution in [-0.2, 0) is 19.6 Å². The number of carbonyl (C=O) groups is 1. The van der Waals surface area contributed by atoms with Crippen molar-refractivity contribution in [2.75, 3.05) is 19.1 Å². The van der Waals surface area contributed by atoms with E-state index in [0.29, 0.717) is 25.2 Å². The van der Waals surface area contributed by atoms with Gasteiger partial charge in [-0.1, -0.05) is 48.5 Å². The van der Waals surface area contributed by atoms with Crippen LogP contribution in [0.4, 0.5) is 5.13 Å². The van der Waals surface area contributed by atoms with Gasteiger partial charge in [0.25, 0.3) is 5.91 Å². The molecule has 174 valence electrons. The number of nitrogens with zero attached hydrogens (tertiary/aromatic N) is 2. The summed E-state index contributed by atoms with van der Waals surface area (Å²) in [5.41, 5.74) is 11.4. The number of benzene rings is 3. The molecule has 0 aliphatic rings. The Labute approximate surface area is 204 Å². The Balaban J connectivity index is 1.36. The van der Waals surface area contributed by atoms with Gasteiger partial charge < -0.3 is 20.7 Å². The molecule has 1 heterocycles. The van der Waals surface area contributed by atoms with Crippen LogP contribution in [-0.4, -0.2) is 25.0 Å². The van der Waals surface area contributed by atoms with Crippen molar-refractivity contribution in [1.82, 2.24) is 10.3 Å². The fourth-order valence-electron chi connectivity index (χ4n) is 3.67. The molecule has 34 heavy (non-hydrogen) atoms. The lowest BCUT2D eigenvalue weighted by Crippen LogP contribution is -2.23. The highest BCUT2D eigenvalue weighted by atomic mass is 32.1. The average Bonchev–Trinajstić information content (AvgIpc) is 3.38. The van der Waals surface area contributed by atoms with Gasteiger partial charge in [-0.15, -0.1) is 11.3 Å². The van der Waals surface area contributed by atoms with Gasteiger partial charge in [0.05, 0.1) is 12.8 Å². The topological polar surface area (TPSA) is 80.5 Å². The maximum Gasteiger partial charge on any atom is 0.251 e. The predicted octanol–water partition coefficient (Wildman–Crippen LogP) is 4.84. The first-order chi connectivity index (χ1) is 16.6. The van der Waals surface area contributed by atoms with Crippen molar-refractivity contribution in [3.05, 3.63) is 100 Å². The summed E-state index contributed by atoms with van der Waals surface area (Å²) < 4.78 is 5.46. The smallest absolute Gasteiger partial charge is 0.251 e. The van der Waals surface area contributed by atoms with Gasteiger partial charge in [0.1, 0.15) is 5.75 Å². The first kappa shape index (κ1) is 23.5. The van der Waals surface area contributed by atoms with E-state index in [-0.39, 0.29) is 5.91 Å². The second-order valence-electron chi connectivity index (χ2n) is 7.98. The summed E-state index contributed by atoms with van der Waals surface area (Å²) in [6, 6.07) is 23.5. The van der Waals surface area contributed by atoms with Gasteiger partial charge in [0.15, 0.2) is 5.13 Å². The van der Waals surface area contributed by atoms with Crippen LogP contribution < -0.4 is 20.7 Å². The van der Waals surface area contributed by atoms with Gasteiger partial charge in [0, 0.05) is 43.2 Å². The van der Waals surface area contributed by atoms with Crippen LogP contribution in [0.1, 0.15) is 27.0 Å². The molecule has 0 saturated heterocycles. The lowest BCUT2D eigenvalue weighted by atomic mass is 10.1. The van der Waals surface area contributed by atoms with Crippen molar-refractivity contribution in [2.45, 2.75) is 19.6 Å². The quantitative estimate of drug-likeness (QED) is 0.364. The van der Waals surface area contributed by atoms with E-state index in [0.717, 1.165) is 38.8 Å². The number of amides is 1. The van der Waals surface area contributed by atoms with E-state index in [1.165, 1.54) is 0 Å². The molecule has 4 rings (SSSR count). The summed E-state index contributed by atoms with van der Waals surface area (Å²) in [4.78, 5) is 19.4. The van der Waals surface area contributed by atoms with Crippen molar-refractivity contribution in [1.29, 1.82) is 0 Å². The molecule has 1 aromatic heterocycles. The second-order valence-corrected chi connectivity index (χ2v) is 8.81. The maximum absolute atomic E-state index is 12.6. The Hall–Kier alpha value is -3.68. The lowest BCUT2D eigenvalue weighted by Gasteiger charge is -2.16. The van der Waals surface area contributed by atoms with Crippen LogP contribution >= 0.6 is 11.3 Å². The molecule has 0 aliphatic heterocycles. The van der Waals surface area contributed by atoms with Crippen molar-refractivity contribution in [3.8, 4) is 17.0 Å². The van der Waals surface area contributed by atoms with Gasteiger partial charge in [-0.05, 0) is 41.0 Å². The number of para-hydroxylation sites is 1. The fourth-order valence-corrected chi connectivity index (χ4v) is 4.47. The first-order valence-electron chi connectivity index (χ1n) is 11.0. The largest absolute Gasteiger partial charge is 0.496 e. The number of thiazole rings is 1. The van der Waals surface area contributed by atoms with E-state index in [2.05, 4.69) is 10.2 Å². The SMILES string of the molecule is COc1ccccc1-c1csc(N(C)Cc2ccc(C(=O)NCc3cccc(CN)c3)cc2)n1. The molecular weight excluding hydrogens is 444 g/mol. The Kier molecular flexibility index (Phi) is 7.57. The molecule has 6 nitrogen and oxygen atoms in total. The molecule has 4 aromatic rings. The van der Waals surface area contributed by atoms with E-state index >= 15 is 0 Å². The van der Waals surface area contributed by atoms with Gasteiger partial charge in [0.2, 0.25) is 0 Å². The van der Waals surface area contributed by atoms with Crippen LogP contribution in [0.2, 0.25) is 0 Å². The van der Waals surface area contributed by atoms with Gasteiger partial charge in [-0.2, -0.15) is 0 Å². The molecule has 0 unspecified atom stereocenters. The lowest BCUT2D eigenvalue weighted by molar-refractivity contribution is 0.0951. The molecule has 7 heteroatoms. The Morgan fingerprint density at radius 2 is 1.79 bits per heavy atom. The highest BCUT2D eigenvalue weighted by Crippen LogP contribution is 2.33. The normalized spacial score (nSPS) is 10.7. The zero-order valence-corrected chi connectivity index (χ0v) is 20.1. The third kappa shape index (κ3) is 5.62. The predicted molar refractivity (Wildman–Crippen MR) is 138 cm³/mol. The number of rotatable bonds is 9. The highest BCUT2D eigenvalue weighted by Gasteiger charge is 2.13. The Bertz CT molecular complexity index is 1250. The van der Waals surface area contributed by atoms with Crippen LogP contribution in [0, 0.1) is 0 Å².